The number of carbonyl (C=O) groups is 4. The van der Waals surface area contributed by atoms with E-state index in [1.54, 1.807) is 29.2 Å². The van der Waals surface area contributed by atoms with E-state index in [0.717, 1.165) is 28.0 Å². The first kappa shape index (κ1) is 24.7. The van der Waals surface area contributed by atoms with Crippen molar-refractivity contribution in [2.75, 3.05) is 18.9 Å². The second-order valence-corrected chi connectivity index (χ2v) is 9.91. The molecule has 10 heteroatoms. The van der Waals surface area contributed by atoms with Crippen LogP contribution in [0.2, 0.25) is 0 Å². The van der Waals surface area contributed by atoms with Crippen molar-refractivity contribution in [1.29, 1.82) is 0 Å². The molecule has 1 spiro atoms. The molecule has 5 amide bonds. The largest absolute Gasteiger partial charge is 0.427 e. The zero-order valence-electron chi connectivity index (χ0n) is 21.0. The number of hydrogen-bond donors (Lipinski definition) is 2. The predicted octanol–water partition coefficient (Wildman–Crippen LogP) is 3.76. The molecule has 5 rings (SSSR count). The van der Waals surface area contributed by atoms with Gasteiger partial charge in [-0.3, -0.25) is 9.59 Å². The standard InChI is InChI=1S/C27H29FN4O5/c1-15-12-18(28)5-7-20(15)22-9-4-16(2)32(22)23(33)14-31-24(34)27(37-26(31)36)11-10-17-13-19(6-8-21(17)27)30-25(35)29-3/h5-8,12-13,16,22H,4,9-11,14H2,1-3H3,(H2,29,30,35)/t16-,22-,27?/m1/s1. The summed E-state index contributed by atoms with van der Waals surface area (Å²) in [6.07, 6.45) is 1.37. The van der Waals surface area contributed by atoms with Crippen molar-refractivity contribution in [2.45, 2.75) is 57.2 Å². The lowest BCUT2D eigenvalue weighted by Crippen LogP contribution is -2.46. The summed E-state index contributed by atoms with van der Waals surface area (Å²) in [5.41, 5.74) is 2.06. The van der Waals surface area contributed by atoms with Crippen molar-refractivity contribution in [1.82, 2.24) is 15.1 Å². The van der Waals surface area contributed by atoms with Crippen LogP contribution in [0.4, 0.5) is 19.7 Å². The number of hydrogen-bond acceptors (Lipinski definition) is 5. The van der Waals surface area contributed by atoms with E-state index in [9.17, 15) is 23.6 Å². The number of carbonyl (C=O) groups excluding carboxylic acids is 4. The maximum atomic E-state index is 13.7. The summed E-state index contributed by atoms with van der Waals surface area (Å²) in [5.74, 6) is -1.25. The van der Waals surface area contributed by atoms with Crippen molar-refractivity contribution < 1.29 is 28.3 Å². The average Bonchev–Trinajstić information content (AvgIpc) is 3.49. The molecule has 37 heavy (non-hydrogen) atoms. The first-order chi connectivity index (χ1) is 17.6. The summed E-state index contributed by atoms with van der Waals surface area (Å²) in [7, 11) is 1.51. The molecule has 2 aromatic carbocycles. The smallest absolute Gasteiger partial charge is 0.418 e. The minimum absolute atomic E-state index is 0.0944. The zero-order valence-corrected chi connectivity index (χ0v) is 21.0. The van der Waals surface area contributed by atoms with Crippen LogP contribution >= 0.6 is 0 Å². The Balaban J connectivity index is 1.36. The van der Waals surface area contributed by atoms with Crippen LogP contribution in [-0.2, 0) is 26.3 Å². The maximum Gasteiger partial charge on any atom is 0.418 e. The molecule has 2 N–H and O–H groups in total. The number of amides is 5. The van der Waals surface area contributed by atoms with Gasteiger partial charge in [0.1, 0.15) is 12.4 Å². The van der Waals surface area contributed by atoms with Gasteiger partial charge in [-0.25, -0.2) is 18.9 Å². The second-order valence-electron chi connectivity index (χ2n) is 9.91. The fourth-order valence-corrected chi connectivity index (χ4v) is 5.86. The Morgan fingerprint density at radius 3 is 2.68 bits per heavy atom. The number of benzene rings is 2. The van der Waals surface area contributed by atoms with Gasteiger partial charge in [-0.1, -0.05) is 12.1 Å². The number of imide groups is 1. The number of fused-ring (bicyclic) bond motifs is 2. The molecular weight excluding hydrogens is 479 g/mol. The Morgan fingerprint density at radius 1 is 1.16 bits per heavy atom. The van der Waals surface area contributed by atoms with Gasteiger partial charge in [-0.15, -0.1) is 0 Å². The highest BCUT2D eigenvalue weighted by molar-refractivity contribution is 6.06. The number of nitrogens with zero attached hydrogens (tertiary/aromatic N) is 2. The molecular formula is C27H29FN4O5. The molecule has 3 aliphatic rings. The van der Waals surface area contributed by atoms with Crippen molar-refractivity contribution in [3.05, 3.63) is 64.5 Å². The monoisotopic (exact) mass is 508 g/mol. The normalized spacial score (nSPS) is 24.4. The van der Waals surface area contributed by atoms with Crippen molar-refractivity contribution in [3.63, 3.8) is 0 Å². The molecule has 0 radical (unpaired) electrons. The molecule has 2 heterocycles. The van der Waals surface area contributed by atoms with E-state index in [2.05, 4.69) is 10.6 Å². The van der Waals surface area contributed by atoms with Crippen molar-refractivity contribution >= 4 is 29.6 Å². The first-order valence-electron chi connectivity index (χ1n) is 12.4. The van der Waals surface area contributed by atoms with E-state index in [1.165, 1.54) is 19.2 Å². The third-order valence-corrected chi connectivity index (χ3v) is 7.68. The molecule has 2 saturated heterocycles. The Hall–Kier alpha value is -3.95. The molecule has 1 aliphatic carbocycles. The van der Waals surface area contributed by atoms with Gasteiger partial charge in [0.15, 0.2) is 0 Å². The Morgan fingerprint density at radius 2 is 1.95 bits per heavy atom. The van der Waals surface area contributed by atoms with Crippen LogP contribution < -0.4 is 10.6 Å². The molecule has 9 nitrogen and oxygen atoms in total. The molecule has 0 bridgehead atoms. The van der Waals surface area contributed by atoms with Crippen LogP contribution in [0.5, 0.6) is 0 Å². The number of ether oxygens (including phenoxy) is 1. The number of likely N-dealkylation sites (tertiary alicyclic amines) is 1. The average molecular weight is 509 g/mol. The Labute approximate surface area is 213 Å². The van der Waals surface area contributed by atoms with Gasteiger partial charge in [0.05, 0.1) is 6.04 Å². The van der Waals surface area contributed by atoms with Gasteiger partial charge >= 0.3 is 12.1 Å². The van der Waals surface area contributed by atoms with Gasteiger partial charge in [-0.2, -0.15) is 0 Å². The number of aryl methyl sites for hydroxylation is 2. The molecule has 0 aromatic heterocycles. The molecule has 2 fully saturated rings. The lowest BCUT2D eigenvalue weighted by atomic mass is 9.94. The highest BCUT2D eigenvalue weighted by atomic mass is 19.1. The second kappa shape index (κ2) is 9.17. The molecule has 3 atom stereocenters. The summed E-state index contributed by atoms with van der Waals surface area (Å²) >= 11 is 0. The van der Waals surface area contributed by atoms with E-state index in [-0.39, 0.29) is 36.3 Å². The van der Waals surface area contributed by atoms with Crippen LogP contribution in [0.15, 0.2) is 36.4 Å². The SMILES string of the molecule is CNC(=O)Nc1ccc2c(c1)CCC21OC(=O)N(CC(=O)N2[C@H](C)CC[C@@H]2c2ccc(F)cc2C)C1=O. The fourth-order valence-electron chi connectivity index (χ4n) is 5.86. The topological polar surface area (TPSA) is 108 Å². The highest BCUT2D eigenvalue weighted by Crippen LogP contribution is 2.46. The first-order valence-corrected chi connectivity index (χ1v) is 12.4. The van der Waals surface area contributed by atoms with E-state index in [0.29, 0.717) is 24.1 Å². The van der Waals surface area contributed by atoms with E-state index in [1.807, 2.05) is 13.8 Å². The molecule has 194 valence electrons. The van der Waals surface area contributed by atoms with E-state index < -0.39 is 24.1 Å². The minimum atomic E-state index is -1.47. The summed E-state index contributed by atoms with van der Waals surface area (Å²) in [6, 6.07) is 8.89. The number of rotatable bonds is 4. The number of urea groups is 1. The third-order valence-electron chi connectivity index (χ3n) is 7.68. The van der Waals surface area contributed by atoms with Crippen LogP contribution in [0, 0.1) is 12.7 Å². The van der Waals surface area contributed by atoms with Crippen LogP contribution in [0.1, 0.15) is 54.5 Å². The fraction of sp³-hybridized carbons (Fsp3) is 0.407. The maximum absolute atomic E-state index is 13.7. The molecule has 0 saturated carbocycles. The van der Waals surface area contributed by atoms with Gasteiger partial charge in [0.2, 0.25) is 11.5 Å². The predicted molar refractivity (Wildman–Crippen MR) is 132 cm³/mol. The van der Waals surface area contributed by atoms with Crippen LogP contribution in [0.3, 0.4) is 0 Å². The summed E-state index contributed by atoms with van der Waals surface area (Å²) in [6.45, 7) is 3.31. The van der Waals surface area contributed by atoms with Gasteiger partial charge in [0.25, 0.3) is 5.91 Å². The summed E-state index contributed by atoms with van der Waals surface area (Å²) in [5, 5.41) is 5.17. The van der Waals surface area contributed by atoms with Crippen LogP contribution in [0.25, 0.3) is 0 Å². The number of halogens is 1. The van der Waals surface area contributed by atoms with Gasteiger partial charge in [0, 0.05) is 30.8 Å². The number of anilines is 1. The lowest BCUT2D eigenvalue weighted by molar-refractivity contribution is -0.143. The molecule has 2 aliphatic heterocycles. The lowest BCUT2D eigenvalue weighted by Gasteiger charge is -2.31. The zero-order chi connectivity index (χ0) is 26.5. The van der Waals surface area contributed by atoms with E-state index >= 15 is 0 Å². The Bertz CT molecular complexity index is 1310. The minimum Gasteiger partial charge on any atom is -0.427 e. The molecule has 1 unspecified atom stereocenters. The van der Waals surface area contributed by atoms with E-state index in [4.69, 9.17) is 4.74 Å². The third kappa shape index (κ3) is 4.10. The van der Waals surface area contributed by atoms with Crippen LogP contribution in [-0.4, -0.2) is 53.4 Å². The van der Waals surface area contributed by atoms with Crippen molar-refractivity contribution in [3.8, 4) is 0 Å². The van der Waals surface area contributed by atoms with Gasteiger partial charge < -0.3 is 20.3 Å². The Kier molecular flexibility index (Phi) is 6.13. The highest BCUT2D eigenvalue weighted by Gasteiger charge is 2.58. The summed E-state index contributed by atoms with van der Waals surface area (Å²) in [4.78, 5) is 54.2. The van der Waals surface area contributed by atoms with Gasteiger partial charge in [-0.05, 0) is 74.1 Å². The van der Waals surface area contributed by atoms with Crippen molar-refractivity contribution in [2.24, 2.45) is 0 Å². The number of nitrogens with one attached hydrogen (secondary N) is 2. The quantitative estimate of drug-likeness (QED) is 0.654. The molecule has 2 aromatic rings. The summed E-state index contributed by atoms with van der Waals surface area (Å²) < 4.78 is 19.3.